The molecule has 0 radical (unpaired) electrons. The number of ether oxygens (including phenoxy) is 1. The molecule has 0 spiro atoms. The minimum atomic E-state index is -0.0871. The highest BCUT2D eigenvalue weighted by molar-refractivity contribution is 5.20. The van der Waals surface area contributed by atoms with Crippen LogP contribution < -0.4 is 20.9 Å². The van der Waals surface area contributed by atoms with Gasteiger partial charge in [-0.15, -0.1) is 0 Å². The van der Waals surface area contributed by atoms with Crippen LogP contribution in [0, 0.1) is 0 Å². The second-order valence-electron chi connectivity index (χ2n) is 5.94. The van der Waals surface area contributed by atoms with Gasteiger partial charge in [0.2, 0.25) is 0 Å². The second-order valence-corrected chi connectivity index (χ2v) is 5.94. The van der Waals surface area contributed by atoms with E-state index in [-0.39, 0.29) is 11.1 Å². The first kappa shape index (κ1) is 14.8. The first-order valence-electron chi connectivity index (χ1n) is 7.48. The first-order chi connectivity index (χ1) is 10.6. The summed E-state index contributed by atoms with van der Waals surface area (Å²) in [5.41, 5.74) is 0.955. The molecule has 0 saturated carbocycles. The van der Waals surface area contributed by atoms with E-state index in [2.05, 4.69) is 17.6 Å². The lowest BCUT2D eigenvalue weighted by molar-refractivity contribution is 0.303. The predicted octanol–water partition coefficient (Wildman–Crippen LogP) is 1.34. The molecule has 1 aliphatic heterocycles. The number of rotatable bonds is 5. The fourth-order valence-corrected chi connectivity index (χ4v) is 2.62. The summed E-state index contributed by atoms with van der Waals surface area (Å²) in [5.74, 6) is 0.604. The average molecular weight is 299 g/mol. The normalized spacial score (nSPS) is 21.0. The van der Waals surface area contributed by atoms with E-state index in [1.54, 1.807) is 16.8 Å². The first-order valence-corrected chi connectivity index (χ1v) is 7.48. The fourth-order valence-electron chi connectivity index (χ4n) is 2.62. The lowest BCUT2D eigenvalue weighted by Crippen LogP contribution is -2.45. The lowest BCUT2D eigenvalue weighted by atomic mass is 10.0. The Balaban J connectivity index is 1.66. The third-order valence-corrected chi connectivity index (χ3v) is 3.89. The summed E-state index contributed by atoms with van der Waals surface area (Å²) in [7, 11) is 0. The van der Waals surface area contributed by atoms with E-state index in [0.29, 0.717) is 18.9 Å². The Hall–Kier alpha value is -2.11. The molecule has 116 valence electrons. The number of benzene rings is 1. The Bertz CT molecular complexity index is 676. The summed E-state index contributed by atoms with van der Waals surface area (Å²) in [5, 5.41) is 6.62. The third-order valence-electron chi connectivity index (χ3n) is 3.89. The Morgan fingerprint density at radius 3 is 2.77 bits per heavy atom. The highest BCUT2D eigenvalue weighted by Crippen LogP contribution is 2.12. The molecule has 1 aliphatic rings. The van der Waals surface area contributed by atoms with E-state index in [4.69, 9.17) is 4.74 Å². The lowest BCUT2D eigenvalue weighted by Gasteiger charge is -2.24. The van der Waals surface area contributed by atoms with Gasteiger partial charge in [-0.25, -0.2) is 0 Å². The van der Waals surface area contributed by atoms with E-state index in [1.807, 2.05) is 36.4 Å². The zero-order valence-corrected chi connectivity index (χ0v) is 12.7. The van der Waals surface area contributed by atoms with Crippen LogP contribution in [0.1, 0.15) is 12.5 Å². The van der Waals surface area contributed by atoms with Crippen LogP contribution in [-0.2, 0) is 13.2 Å². The summed E-state index contributed by atoms with van der Waals surface area (Å²) >= 11 is 0. The molecule has 1 saturated heterocycles. The fraction of sp³-hybridized carbons (Fsp3) is 0.353. The molecule has 22 heavy (non-hydrogen) atoms. The molecule has 1 aromatic carbocycles. The van der Waals surface area contributed by atoms with E-state index >= 15 is 0 Å². The standard InChI is InChI=1S/C17H21N3O2/c1-17(11-18-13-19-17)12-20-8-7-15(9-16(20)21)22-10-14-5-3-2-4-6-14/h2-9,18-19H,10-13H2,1H3. The second kappa shape index (κ2) is 6.34. The number of hydrogen-bond acceptors (Lipinski definition) is 4. The predicted molar refractivity (Wildman–Crippen MR) is 85.9 cm³/mol. The Kier molecular flexibility index (Phi) is 4.27. The van der Waals surface area contributed by atoms with E-state index < -0.39 is 0 Å². The molecular formula is C17H21N3O2. The number of nitrogens with one attached hydrogen (secondary N) is 2. The summed E-state index contributed by atoms with van der Waals surface area (Å²) in [6.07, 6.45) is 1.80. The van der Waals surface area contributed by atoms with Gasteiger partial charge in [-0.2, -0.15) is 0 Å². The van der Waals surface area contributed by atoms with Crippen LogP contribution in [0.4, 0.5) is 0 Å². The molecule has 1 atom stereocenters. The molecule has 5 heteroatoms. The molecule has 2 N–H and O–H groups in total. The minimum absolute atomic E-state index is 0.0412. The molecule has 0 amide bonds. The molecule has 1 aromatic heterocycles. The van der Waals surface area contributed by atoms with Gasteiger partial charge in [-0.1, -0.05) is 30.3 Å². The van der Waals surface area contributed by atoms with Crippen molar-refractivity contribution in [3.63, 3.8) is 0 Å². The van der Waals surface area contributed by atoms with Gasteiger partial charge in [0.05, 0.1) is 0 Å². The van der Waals surface area contributed by atoms with Crippen LogP contribution in [0.2, 0.25) is 0 Å². The summed E-state index contributed by atoms with van der Waals surface area (Å²) in [6, 6.07) is 13.3. The van der Waals surface area contributed by atoms with Crippen molar-refractivity contribution in [3.8, 4) is 5.75 Å². The molecule has 5 nitrogen and oxygen atoms in total. The van der Waals surface area contributed by atoms with Gasteiger partial charge in [0.1, 0.15) is 12.4 Å². The molecule has 1 fully saturated rings. The molecular weight excluding hydrogens is 278 g/mol. The van der Waals surface area contributed by atoms with Gasteiger partial charge in [-0.3, -0.25) is 10.1 Å². The minimum Gasteiger partial charge on any atom is -0.489 e. The number of nitrogens with zero attached hydrogens (tertiary/aromatic N) is 1. The summed E-state index contributed by atoms with van der Waals surface area (Å²) < 4.78 is 7.40. The van der Waals surface area contributed by atoms with Crippen LogP contribution in [0.3, 0.4) is 0 Å². The molecule has 1 unspecified atom stereocenters. The number of aromatic nitrogens is 1. The van der Waals surface area contributed by atoms with Crippen molar-refractivity contribution in [1.29, 1.82) is 0 Å². The molecule has 3 rings (SSSR count). The Labute approximate surface area is 129 Å². The van der Waals surface area contributed by atoms with Crippen molar-refractivity contribution in [1.82, 2.24) is 15.2 Å². The van der Waals surface area contributed by atoms with E-state index in [1.165, 1.54) is 0 Å². The number of pyridine rings is 1. The van der Waals surface area contributed by atoms with Gasteiger partial charge < -0.3 is 14.6 Å². The van der Waals surface area contributed by atoms with Gasteiger partial charge in [-0.05, 0) is 18.6 Å². The van der Waals surface area contributed by atoms with Crippen LogP contribution in [0.25, 0.3) is 0 Å². The molecule has 2 heterocycles. The zero-order valence-electron chi connectivity index (χ0n) is 12.7. The van der Waals surface area contributed by atoms with E-state index in [9.17, 15) is 4.79 Å². The molecule has 0 bridgehead atoms. The van der Waals surface area contributed by atoms with Crippen LogP contribution in [0.5, 0.6) is 5.75 Å². The Morgan fingerprint density at radius 2 is 2.09 bits per heavy atom. The quantitative estimate of drug-likeness (QED) is 0.875. The van der Waals surface area contributed by atoms with Crippen LogP contribution >= 0.6 is 0 Å². The van der Waals surface area contributed by atoms with Crippen molar-refractivity contribution < 1.29 is 4.74 Å². The van der Waals surface area contributed by atoms with Crippen molar-refractivity contribution in [2.45, 2.75) is 25.6 Å². The topological polar surface area (TPSA) is 55.3 Å². The zero-order chi connectivity index (χ0) is 15.4. The summed E-state index contributed by atoms with van der Waals surface area (Å²) in [6.45, 7) is 4.85. The van der Waals surface area contributed by atoms with Gasteiger partial charge in [0.15, 0.2) is 0 Å². The average Bonchev–Trinajstić information content (AvgIpc) is 2.95. The van der Waals surface area contributed by atoms with Crippen LogP contribution in [-0.4, -0.2) is 23.3 Å². The van der Waals surface area contributed by atoms with Crippen molar-refractivity contribution in [2.75, 3.05) is 13.2 Å². The monoisotopic (exact) mass is 299 g/mol. The molecule has 2 aromatic rings. The SMILES string of the molecule is CC1(Cn2ccc(OCc3ccccc3)cc2=O)CNCN1. The van der Waals surface area contributed by atoms with Crippen molar-refractivity contribution >= 4 is 0 Å². The third kappa shape index (κ3) is 3.55. The maximum Gasteiger partial charge on any atom is 0.254 e. The van der Waals surface area contributed by atoms with Crippen LogP contribution in [0.15, 0.2) is 53.5 Å². The molecule has 0 aliphatic carbocycles. The smallest absolute Gasteiger partial charge is 0.254 e. The highest BCUT2D eigenvalue weighted by atomic mass is 16.5. The van der Waals surface area contributed by atoms with Crippen molar-refractivity contribution in [3.05, 3.63) is 64.6 Å². The summed E-state index contributed by atoms with van der Waals surface area (Å²) in [4.78, 5) is 12.2. The Morgan fingerprint density at radius 1 is 1.27 bits per heavy atom. The van der Waals surface area contributed by atoms with Gasteiger partial charge in [0, 0.05) is 37.6 Å². The van der Waals surface area contributed by atoms with E-state index in [0.717, 1.165) is 18.8 Å². The van der Waals surface area contributed by atoms with Crippen molar-refractivity contribution in [2.24, 2.45) is 0 Å². The highest BCUT2D eigenvalue weighted by Gasteiger charge is 2.28. The van der Waals surface area contributed by atoms with Gasteiger partial charge in [0.25, 0.3) is 5.56 Å². The number of hydrogen-bond donors (Lipinski definition) is 2. The largest absolute Gasteiger partial charge is 0.489 e. The van der Waals surface area contributed by atoms with Gasteiger partial charge >= 0.3 is 0 Å². The maximum absolute atomic E-state index is 12.2. The maximum atomic E-state index is 12.2.